The molecule has 0 saturated carbocycles. The minimum absolute atomic E-state index is 0.159. The zero-order chi connectivity index (χ0) is 10.4. The number of carbonyl (C=O) groups is 1. The van der Waals surface area contributed by atoms with Crippen LogP contribution in [0.25, 0.3) is 0 Å². The summed E-state index contributed by atoms with van der Waals surface area (Å²) in [7, 11) is 1.36. The fourth-order valence-corrected chi connectivity index (χ4v) is 1.02. The molecule has 4 nitrogen and oxygen atoms in total. The first-order valence-corrected chi connectivity index (χ1v) is 4.48. The molecule has 0 amide bonds. The smallest absolute Gasteiger partial charge is 0.323 e. The Morgan fingerprint density at radius 2 is 2.00 bits per heavy atom. The number of methoxy groups -OCH3 is 1. The zero-order valence-corrected chi connectivity index (χ0v) is 8.70. The summed E-state index contributed by atoms with van der Waals surface area (Å²) in [5, 5.41) is 12.0. The monoisotopic (exact) mass is 189 g/mol. The van der Waals surface area contributed by atoms with Gasteiger partial charge in [0.25, 0.3) is 0 Å². The zero-order valence-electron chi connectivity index (χ0n) is 8.70. The van der Waals surface area contributed by atoms with Crippen LogP contribution >= 0.6 is 0 Å². The number of aliphatic hydroxyl groups excluding tert-OH is 1. The standard InChI is InChI=1S/C9H19NO3/c1-6(2)8(9(12)13-4)10-5-7(3)11/h6-8,10-11H,5H2,1-4H3. The highest BCUT2D eigenvalue weighted by Crippen LogP contribution is 2.03. The minimum atomic E-state index is -0.453. The lowest BCUT2D eigenvalue weighted by atomic mass is 10.0. The van der Waals surface area contributed by atoms with Crippen LogP contribution in [0.15, 0.2) is 0 Å². The SMILES string of the molecule is COC(=O)C(NCC(C)O)C(C)C. The maximum atomic E-state index is 11.2. The van der Waals surface area contributed by atoms with E-state index in [4.69, 9.17) is 5.11 Å². The van der Waals surface area contributed by atoms with Crippen molar-refractivity contribution in [2.75, 3.05) is 13.7 Å². The number of ether oxygens (including phenoxy) is 1. The van der Waals surface area contributed by atoms with Gasteiger partial charge in [-0.1, -0.05) is 13.8 Å². The first-order valence-electron chi connectivity index (χ1n) is 4.48. The highest BCUT2D eigenvalue weighted by Gasteiger charge is 2.22. The predicted octanol–water partition coefficient (Wildman–Crippen LogP) is 0.154. The van der Waals surface area contributed by atoms with Crippen LogP contribution in [0.3, 0.4) is 0 Å². The molecule has 2 N–H and O–H groups in total. The average molecular weight is 189 g/mol. The number of carbonyl (C=O) groups excluding carboxylic acids is 1. The van der Waals surface area contributed by atoms with Crippen molar-refractivity contribution in [1.82, 2.24) is 5.32 Å². The summed E-state index contributed by atoms with van der Waals surface area (Å²) in [6, 6.07) is -0.334. The maximum Gasteiger partial charge on any atom is 0.323 e. The van der Waals surface area contributed by atoms with Crippen molar-refractivity contribution in [3.63, 3.8) is 0 Å². The molecule has 0 aliphatic heterocycles. The van der Waals surface area contributed by atoms with Gasteiger partial charge in [0.15, 0.2) is 0 Å². The van der Waals surface area contributed by atoms with Crippen LogP contribution in [0, 0.1) is 5.92 Å². The number of hydrogen-bond acceptors (Lipinski definition) is 4. The van der Waals surface area contributed by atoms with Gasteiger partial charge in [-0.3, -0.25) is 4.79 Å². The van der Waals surface area contributed by atoms with E-state index in [1.165, 1.54) is 7.11 Å². The van der Waals surface area contributed by atoms with Crippen LogP contribution in [0.1, 0.15) is 20.8 Å². The van der Waals surface area contributed by atoms with Crippen LogP contribution < -0.4 is 5.32 Å². The Balaban J connectivity index is 4.03. The van der Waals surface area contributed by atoms with E-state index >= 15 is 0 Å². The molecule has 0 aromatic carbocycles. The molecule has 0 saturated heterocycles. The molecular weight excluding hydrogens is 170 g/mol. The third-order valence-electron chi connectivity index (χ3n) is 1.75. The van der Waals surface area contributed by atoms with Gasteiger partial charge < -0.3 is 15.2 Å². The Hall–Kier alpha value is -0.610. The number of rotatable bonds is 5. The molecule has 0 spiro atoms. The van der Waals surface area contributed by atoms with Crippen LogP contribution in [0.2, 0.25) is 0 Å². The largest absolute Gasteiger partial charge is 0.468 e. The van der Waals surface area contributed by atoms with Crippen molar-refractivity contribution in [2.24, 2.45) is 5.92 Å². The molecule has 0 aromatic rings. The molecule has 0 rings (SSSR count). The fraction of sp³-hybridized carbons (Fsp3) is 0.889. The topological polar surface area (TPSA) is 58.6 Å². The summed E-state index contributed by atoms with van der Waals surface area (Å²) >= 11 is 0. The Kier molecular flexibility index (Phi) is 5.66. The van der Waals surface area contributed by atoms with Gasteiger partial charge in [-0.05, 0) is 12.8 Å². The normalized spacial score (nSPS) is 15.5. The second kappa shape index (κ2) is 5.94. The predicted molar refractivity (Wildman–Crippen MR) is 50.3 cm³/mol. The molecule has 0 aromatic heterocycles. The quantitative estimate of drug-likeness (QED) is 0.605. The lowest BCUT2D eigenvalue weighted by molar-refractivity contribution is -0.144. The minimum Gasteiger partial charge on any atom is -0.468 e. The van der Waals surface area contributed by atoms with Gasteiger partial charge in [0, 0.05) is 6.54 Å². The van der Waals surface area contributed by atoms with Gasteiger partial charge in [0.2, 0.25) is 0 Å². The highest BCUT2D eigenvalue weighted by atomic mass is 16.5. The van der Waals surface area contributed by atoms with E-state index in [1.807, 2.05) is 13.8 Å². The number of esters is 1. The molecule has 2 unspecified atom stereocenters. The summed E-state index contributed by atoms with van der Waals surface area (Å²) in [4.78, 5) is 11.2. The maximum absolute atomic E-state index is 11.2. The molecule has 0 bridgehead atoms. The Labute approximate surface area is 79.3 Å². The van der Waals surface area contributed by atoms with Gasteiger partial charge in [0.1, 0.15) is 6.04 Å². The second-order valence-corrected chi connectivity index (χ2v) is 3.50. The molecule has 13 heavy (non-hydrogen) atoms. The first-order chi connectivity index (χ1) is 5.99. The van der Waals surface area contributed by atoms with E-state index in [2.05, 4.69) is 10.1 Å². The van der Waals surface area contributed by atoms with Crippen molar-refractivity contribution >= 4 is 5.97 Å². The Morgan fingerprint density at radius 3 is 2.31 bits per heavy atom. The molecule has 0 aliphatic carbocycles. The summed E-state index contributed by atoms with van der Waals surface area (Å²) < 4.78 is 4.62. The molecular formula is C9H19NO3. The van der Waals surface area contributed by atoms with Crippen molar-refractivity contribution in [3.8, 4) is 0 Å². The van der Waals surface area contributed by atoms with Crippen LogP contribution in [-0.2, 0) is 9.53 Å². The number of hydrogen-bond donors (Lipinski definition) is 2. The second-order valence-electron chi connectivity index (χ2n) is 3.50. The van der Waals surface area contributed by atoms with E-state index in [1.54, 1.807) is 6.92 Å². The van der Waals surface area contributed by atoms with Crippen molar-refractivity contribution in [1.29, 1.82) is 0 Å². The van der Waals surface area contributed by atoms with E-state index < -0.39 is 6.10 Å². The molecule has 2 atom stereocenters. The van der Waals surface area contributed by atoms with Crippen molar-refractivity contribution < 1.29 is 14.6 Å². The summed E-state index contributed by atoms with van der Waals surface area (Å²) in [5.41, 5.74) is 0. The lowest BCUT2D eigenvalue weighted by Crippen LogP contribution is -2.44. The lowest BCUT2D eigenvalue weighted by Gasteiger charge is -2.20. The van der Waals surface area contributed by atoms with E-state index in [0.717, 1.165) is 0 Å². The fourth-order valence-electron chi connectivity index (χ4n) is 1.02. The third kappa shape index (κ3) is 4.85. The number of nitrogens with one attached hydrogen (secondary N) is 1. The molecule has 0 radical (unpaired) electrons. The molecule has 78 valence electrons. The summed E-state index contributed by atoms with van der Waals surface area (Å²) in [6.07, 6.45) is -0.453. The molecule has 4 heteroatoms. The van der Waals surface area contributed by atoms with E-state index in [9.17, 15) is 4.79 Å². The van der Waals surface area contributed by atoms with Gasteiger partial charge >= 0.3 is 5.97 Å². The summed E-state index contributed by atoms with van der Waals surface area (Å²) in [6.45, 7) is 5.92. The van der Waals surface area contributed by atoms with Crippen LogP contribution in [-0.4, -0.2) is 36.9 Å². The van der Waals surface area contributed by atoms with Crippen LogP contribution in [0.4, 0.5) is 0 Å². The first kappa shape index (κ1) is 12.4. The molecule has 0 fully saturated rings. The van der Waals surface area contributed by atoms with Gasteiger partial charge in [-0.25, -0.2) is 0 Å². The highest BCUT2D eigenvalue weighted by molar-refractivity contribution is 5.75. The van der Waals surface area contributed by atoms with E-state index in [0.29, 0.717) is 6.54 Å². The van der Waals surface area contributed by atoms with Crippen LogP contribution in [0.5, 0.6) is 0 Å². The summed E-state index contributed by atoms with van der Waals surface area (Å²) in [5.74, 6) is -0.123. The van der Waals surface area contributed by atoms with Crippen molar-refractivity contribution in [3.05, 3.63) is 0 Å². The molecule has 0 aliphatic rings. The Morgan fingerprint density at radius 1 is 1.46 bits per heavy atom. The third-order valence-corrected chi connectivity index (χ3v) is 1.75. The van der Waals surface area contributed by atoms with E-state index in [-0.39, 0.29) is 17.9 Å². The van der Waals surface area contributed by atoms with Crippen molar-refractivity contribution in [2.45, 2.75) is 32.9 Å². The van der Waals surface area contributed by atoms with Gasteiger partial charge in [0.05, 0.1) is 13.2 Å². The molecule has 0 heterocycles. The van der Waals surface area contributed by atoms with Gasteiger partial charge in [-0.2, -0.15) is 0 Å². The number of aliphatic hydroxyl groups is 1. The average Bonchev–Trinajstić information content (AvgIpc) is 2.03. The van der Waals surface area contributed by atoms with Gasteiger partial charge in [-0.15, -0.1) is 0 Å². The Bertz CT molecular complexity index is 157.